The summed E-state index contributed by atoms with van der Waals surface area (Å²) in [6.07, 6.45) is -3.41. The zero-order chi connectivity index (χ0) is 30.3. The molecule has 9 heteroatoms. The van der Waals surface area contributed by atoms with Crippen LogP contribution in [0, 0.1) is 32.5 Å². The van der Waals surface area contributed by atoms with E-state index in [1.54, 1.807) is 51.9 Å². The highest BCUT2D eigenvalue weighted by atomic mass is 35.5. The van der Waals surface area contributed by atoms with Gasteiger partial charge in [0.05, 0.1) is 22.2 Å². The van der Waals surface area contributed by atoms with Crippen molar-refractivity contribution in [2.75, 3.05) is 20.6 Å². The van der Waals surface area contributed by atoms with Gasteiger partial charge in [-0.1, -0.05) is 43.1 Å². The van der Waals surface area contributed by atoms with Gasteiger partial charge in [-0.05, 0) is 94.1 Å². The Balaban J connectivity index is 2.28. The molecule has 0 spiro atoms. The van der Waals surface area contributed by atoms with Gasteiger partial charge in [0.15, 0.2) is 0 Å². The summed E-state index contributed by atoms with van der Waals surface area (Å²) in [4.78, 5) is 14.9. The Bertz CT molecular complexity index is 1440. The third kappa shape index (κ3) is 6.14. The minimum atomic E-state index is -4.70. The van der Waals surface area contributed by atoms with E-state index in [2.05, 4.69) is 0 Å². The van der Waals surface area contributed by atoms with Crippen LogP contribution in [0.1, 0.15) is 60.2 Å². The monoisotopic (exact) mass is 579 g/mol. The number of benzene rings is 2. The molecule has 1 unspecified atom stereocenters. The molecule has 0 saturated heterocycles. The first-order valence-electron chi connectivity index (χ1n) is 13.2. The summed E-state index contributed by atoms with van der Waals surface area (Å²) < 4.78 is 58.6. The van der Waals surface area contributed by atoms with Gasteiger partial charge in [0, 0.05) is 24.4 Å². The van der Waals surface area contributed by atoms with Crippen LogP contribution < -0.4 is 11.3 Å². The molecule has 0 radical (unpaired) electrons. The Morgan fingerprint density at radius 2 is 1.55 bits per heavy atom. The second-order valence-corrected chi connectivity index (χ2v) is 11.8. The molecule has 3 rings (SSSR count). The fourth-order valence-corrected chi connectivity index (χ4v) is 5.85. The Morgan fingerprint density at radius 3 is 2.05 bits per heavy atom. The van der Waals surface area contributed by atoms with Gasteiger partial charge in [0.25, 0.3) is 5.56 Å². The molecule has 2 aromatic carbocycles. The molecular weight excluding hydrogens is 542 g/mol. The normalized spacial score (nSPS) is 14.6. The molecule has 2 atom stereocenters. The number of hydrogen-bond donors (Lipinski definition) is 1. The molecule has 1 heterocycles. The number of hydrogen-bond acceptors (Lipinski definition) is 3. The van der Waals surface area contributed by atoms with Crippen molar-refractivity contribution < 1.29 is 17.6 Å². The fraction of sp³-hybridized carbons (Fsp3) is 0.452. The Morgan fingerprint density at radius 1 is 0.975 bits per heavy atom. The van der Waals surface area contributed by atoms with Crippen LogP contribution in [-0.2, 0) is 18.1 Å². The molecule has 0 amide bonds. The first-order chi connectivity index (χ1) is 18.4. The number of likely N-dealkylation sites (N-methyl/N-ethyl adjacent to an activating group) is 1. The van der Waals surface area contributed by atoms with Crippen LogP contribution in [0.4, 0.5) is 17.6 Å². The standard InChI is InChI=1S/C31H38ClF4N3O/c1-17(2)30(37,21(6)39-16-22(9-10-38(7)8)24(15-27(39)40)31(34,35)36)25-13-23(14-26(32)29(25)33)28-19(4)11-18(3)12-20(28)5/h11-17,21H,9-10,37H2,1-8H3/t21?,30-/m1/s1. The zero-order valence-corrected chi connectivity index (χ0v) is 25.1. The average molecular weight is 580 g/mol. The highest BCUT2D eigenvalue weighted by molar-refractivity contribution is 6.31. The van der Waals surface area contributed by atoms with E-state index in [1.807, 2.05) is 32.9 Å². The van der Waals surface area contributed by atoms with Crippen molar-refractivity contribution >= 4 is 11.6 Å². The Kier molecular flexibility index (Phi) is 9.29. The molecule has 2 N–H and O–H groups in total. The van der Waals surface area contributed by atoms with Crippen molar-refractivity contribution in [1.29, 1.82) is 0 Å². The number of pyridine rings is 1. The van der Waals surface area contributed by atoms with Gasteiger partial charge in [0.1, 0.15) is 5.82 Å². The van der Waals surface area contributed by atoms with Crippen LogP contribution in [0.25, 0.3) is 11.1 Å². The van der Waals surface area contributed by atoms with Crippen LogP contribution in [0.15, 0.2) is 41.3 Å². The van der Waals surface area contributed by atoms with E-state index in [1.165, 1.54) is 10.8 Å². The van der Waals surface area contributed by atoms with Gasteiger partial charge < -0.3 is 15.2 Å². The zero-order valence-electron chi connectivity index (χ0n) is 24.3. The molecule has 4 nitrogen and oxygen atoms in total. The van der Waals surface area contributed by atoms with E-state index >= 15 is 4.39 Å². The minimum absolute atomic E-state index is 0.0306. The van der Waals surface area contributed by atoms with Gasteiger partial charge >= 0.3 is 6.18 Å². The molecule has 0 aliphatic rings. The minimum Gasteiger partial charge on any atom is -0.319 e. The maximum atomic E-state index is 15.9. The van der Waals surface area contributed by atoms with Crippen molar-refractivity contribution in [2.45, 2.75) is 65.7 Å². The lowest BCUT2D eigenvalue weighted by Gasteiger charge is -2.41. The van der Waals surface area contributed by atoms with Crippen LogP contribution >= 0.6 is 11.6 Å². The summed E-state index contributed by atoms with van der Waals surface area (Å²) in [5.74, 6) is -1.15. The van der Waals surface area contributed by atoms with E-state index in [0.717, 1.165) is 22.3 Å². The van der Waals surface area contributed by atoms with Gasteiger partial charge in [-0.3, -0.25) is 4.79 Å². The predicted molar refractivity (Wildman–Crippen MR) is 154 cm³/mol. The number of halogens is 5. The molecule has 0 bridgehead atoms. The summed E-state index contributed by atoms with van der Waals surface area (Å²) in [6.45, 7) is 11.5. The van der Waals surface area contributed by atoms with Crippen molar-refractivity contribution in [3.63, 3.8) is 0 Å². The maximum Gasteiger partial charge on any atom is 0.416 e. The molecule has 0 saturated carbocycles. The highest BCUT2D eigenvalue weighted by Gasteiger charge is 2.42. The lowest BCUT2D eigenvalue weighted by molar-refractivity contribution is -0.138. The van der Waals surface area contributed by atoms with Crippen LogP contribution in [0.2, 0.25) is 5.02 Å². The maximum absolute atomic E-state index is 15.9. The summed E-state index contributed by atoms with van der Waals surface area (Å²) in [5.41, 5.74) is 8.37. The summed E-state index contributed by atoms with van der Waals surface area (Å²) in [5, 5.41) is -0.124. The molecule has 1 aromatic heterocycles. The second-order valence-electron chi connectivity index (χ2n) is 11.4. The number of alkyl halides is 3. The summed E-state index contributed by atoms with van der Waals surface area (Å²) in [7, 11) is 3.51. The van der Waals surface area contributed by atoms with Crippen LogP contribution in [-0.4, -0.2) is 30.1 Å². The number of nitrogens with two attached hydrogens (primary N) is 1. The first-order valence-corrected chi connectivity index (χ1v) is 13.6. The number of nitrogens with zero attached hydrogens (tertiary/aromatic N) is 2. The Hall–Kier alpha value is -2.68. The molecule has 3 aromatic rings. The summed E-state index contributed by atoms with van der Waals surface area (Å²) >= 11 is 6.44. The third-order valence-electron chi connectivity index (χ3n) is 7.82. The summed E-state index contributed by atoms with van der Waals surface area (Å²) in [6, 6.07) is 6.96. The fourth-order valence-electron chi connectivity index (χ4n) is 5.63. The Labute approximate surface area is 238 Å². The second kappa shape index (κ2) is 11.7. The molecule has 0 fully saturated rings. The van der Waals surface area contributed by atoms with E-state index in [0.29, 0.717) is 18.2 Å². The van der Waals surface area contributed by atoms with E-state index in [-0.39, 0.29) is 22.6 Å². The van der Waals surface area contributed by atoms with Crippen molar-refractivity contribution in [1.82, 2.24) is 9.47 Å². The first kappa shape index (κ1) is 31.8. The quantitative estimate of drug-likeness (QED) is 0.282. The van der Waals surface area contributed by atoms with Crippen molar-refractivity contribution in [2.24, 2.45) is 11.7 Å². The van der Waals surface area contributed by atoms with E-state index < -0.39 is 40.6 Å². The van der Waals surface area contributed by atoms with Crippen LogP contribution in [0.3, 0.4) is 0 Å². The van der Waals surface area contributed by atoms with Gasteiger partial charge in [0.2, 0.25) is 0 Å². The van der Waals surface area contributed by atoms with Crippen LogP contribution in [0.5, 0.6) is 0 Å². The third-order valence-corrected chi connectivity index (χ3v) is 8.10. The van der Waals surface area contributed by atoms with Gasteiger partial charge in [-0.2, -0.15) is 13.2 Å². The van der Waals surface area contributed by atoms with Gasteiger partial charge in [-0.25, -0.2) is 4.39 Å². The average Bonchev–Trinajstić information content (AvgIpc) is 2.82. The number of aromatic nitrogens is 1. The van der Waals surface area contributed by atoms with E-state index in [9.17, 15) is 18.0 Å². The number of aryl methyl sites for hydroxylation is 3. The van der Waals surface area contributed by atoms with Gasteiger partial charge in [-0.15, -0.1) is 0 Å². The van der Waals surface area contributed by atoms with E-state index in [4.69, 9.17) is 17.3 Å². The molecule has 218 valence electrons. The van der Waals surface area contributed by atoms with Crippen molar-refractivity contribution in [3.05, 3.63) is 91.1 Å². The van der Waals surface area contributed by atoms with Crippen molar-refractivity contribution in [3.8, 4) is 11.1 Å². The predicted octanol–water partition coefficient (Wildman–Crippen LogP) is 7.43. The lowest BCUT2D eigenvalue weighted by Crippen LogP contribution is -2.51. The molecule has 0 aliphatic heterocycles. The SMILES string of the molecule is Cc1cc(C)c(-c2cc(Cl)c(F)c([C@@](N)(C(C)C)C(C)n3cc(CCN(C)C)c(C(F)(F)F)cc3=O)c2)c(C)c1. The molecule has 40 heavy (non-hydrogen) atoms. The topological polar surface area (TPSA) is 51.3 Å². The number of rotatable bonds is 8. The highest BCUT2D eigenvalue weighted by Crippen LogP contribution is 2.43. The lowest BCUT2D eigenvalue weighted by atomic mass is 9.74. The molecular formula is C31H38ClF4N3O. The largest absolute Gasteiger partial charge is 0.416 e. The molecule has 0 aliphatic carbocycles. The smallest absolute Gasteiger partial charge is 0.319 e.